The average molecular weight is 676 g/mol. The molecule has 0 saturated heterocycles. The molecule has 1 spiro atoms. The molecule has 1 aliphatic heterocycles. The molecule has 2 aliphatic rings. The van der Waals surface area contributed by atoms with Crippen molar-refractivity contribution < 1.29 is 4.74 Å². The van der Waals surface area contributed by atoms with Gasteiger partial charge in [0.05, 0.1) is 5.41 Å². The Hall–Kier alpha value is -6.90. The van der Waals surface area contributed by atoms with Gasteiger partial charge in [0.1, 0.15) is 11.5 Å². The molecule has 0 atom stereocenters. The zero-order valence-electron chi connectivity index (χ0n) is 28.9. The highest BCUT2D eigenvalue weighted by Gasteiger charge is 2.49. The van der Waals surface area contributed by atoms with Gasteiger partial charge in [-0.15, -0.1) is 0 Å². The van der Waals surface area contributed by atoms with Gasteiger partial charge >= 0.3 is 0 Å². The summed E-state index contributed by atoms with van der Waals surface area (Å²) in [6, 6.07) is 72.8. The molecule has 2 nitrogen and oxygen atoms in total. The molecule has 9 aromatic carbocycles. The average Bonchev–Trinajstić information content (AvgIpc) is 3.23. The Balaban J connectivity index is 1.18. The lowest BCUT2D eigenvalue weighted by atomic mass is 9.58. The molecule has 1 aliphatic carbocycles. The summed E-state index contributed by atoms with van der Waals surface area (Å²) < 4.78 is 6.69. The molecule has 0 aromatic heterocycles. The van der Waals surface area contributed by atoms with Crippen LogP contribution in [0.1, 0.15) is 22.3 Å². The molecule has 2 heteroatoms. The van der Waals surface area contributed by atoms with Gasteiger partial charge in [0.25, 0.3) is 0 Å². The van der Waals surface area contributed by atoms with Crippen molar-refractivity contribution in [2.45, 2.75) is 5.41 Å². The van der Waals surface area contributed by atoms with Crippen LogP contribution in [-0.4, -0.2) is 0 Å². The highest BCUT2D eigenvalue weighted by Crippen LogP contribution is 2.61. The summed E-state index contributed by atoms with van der Waals surface area (Å²) in [5.41, 5.74) is 12.5. The van der Waals surface area contributed by atoms with Crippen molar-refractivity contribution in [1.82, 2.24) is 0 Å². The van der Waals surface area contributed by atoms with Gasteiger partial charge in [-0.2, -0.15) is 0 Å². The van der Waals surface area contributed by atoms with Gasteiger partial charge in [0.15, 0.2) is 0 Å². The maximum absolute atomic E-state index is 6.69. The van der Waals surface area contributed by atoms with Gasteiger partial charge in [-0.05, 0) is 110 Å². The zero-order valence-corrected chi connectivity index (χ0v) is 28.9. The monoisotopic (exact) mass is 675 g/mol. The Bertz CT molecular complexity index is 2820. The summed E-state index contributed by atoms with van der Waals surface area (Å²) in [7, 11) is 0. The largest absolute Gasteiger partial charge is 0.457 e. The van der Waals surface area contributed by atoms with Crippen molar-refractivity contribution >= 4 is 38.6 Å². The van der Waals surface area contributed by atoms with Gasteiger partial charge in [-0.1, -0.05) is 146 Å². The van der Waals surface area contributed by atoms with E-state index in [0.29, 0.717) is 0 Å². The maximum atomic E-state index is 6.69. The highest BCUT2D eigenvalue weighted by molar-refractivity contribution is 6.06. The fourth-order valence-corrected chi connectivity index (χ4v) is 9.02. The minimum Gasteiger partial charge on any atom is -0.457 e. The molecular weight excluding hydrogens is 643 g/mol. The molecular formula is C51H33NO. The lowest BCUT2D eigenvalue weighted by Crippen LogP contribution is -2.36. The predicted octanol–water partition coefficient (Wildman–Crippen LogP) is 13.6. The first kappa shape index (κ1) is 29.8. The summed E-state index contributed by atoms with van der Waals surface area (Å²) >= 11 is 0. The Labute approximate surface area is 308 Å². The molecule has 0 fully saturated rings. The summed E-state index contributed by atoms with van der Waals surface area (Å²) in [4.78, 5) is 2.40. The minimum absolute atomic E-state index is 0.607. The molecule has 0 N–H and O–H groups in total. The van der Waals surface area contributed by atoms with Crippen LogP contribution in [0.2, 0.25) is 0 Å². The lowest BCUT2D eigenvalue weighted by Gasteiger charge is -2.45. The van der Waals surface area contributed by atoms with E-state index in [0.717, 1.165) is 39.7 Å². The topological polar surface area (TPSA) is 12.5 Å². The van der Waals surface area contributed by atoms with E-state index < -0.39 is 5.41 Å². The van der Waals surface area contributed by atoms with Crippen molar-refractivity contribution in [3.63, 3.8) is 0 Å². The minimum atomic E-state index is -0.607. The van der Waals surface area contributed by atoms with Gasteiger partial charge < -0.3 is 9.64 Å². The number of hydrogen-bond acceptors (Lipinski definition) is 2. The maximum Gasteiger partial charge on any atom is 0.132 e. The first-order valence-electron chi connectivity index (χ1n) is 18.3. The second-order valence-corrected chi connectivity index (χ2v) is 14.1. The molecule has 53 heavy (non-hydrogen) atoms. The zero-order chi connectivity index (χ0) is 34.9. The van der Waals surface area contributed by atoms with E-state index in [1.54, 1.807) is 0 Å². The third-order valence-corrected chi connectivity index (χ3v) is 11.3. The number of ether oxygens (including phenoxy) is 1. The van der Waals surface area contributed by atoms with Crippen molar-refractivity contribution in [2.24, 2.45) is 0 Å². The van der Waals surface area contributed by atoms with Crippen molar-refractivity contribution in [3.05, 3.63) is 222 Å². The Kier molecular flexibility index (Phi) is 6.50. The fraction of sp³-hybridized carbons (Fsp3) is 0.0196. The molecule has 0 amide bonds. The first-order chi connectivity index (χ1) is 26.3. The molecule has 0 radical (unpaired) electrons. The number of fused-ring (bicyclic) bond motifs is 9. The van der Waals surface area contributed by atoms with E-state index in [-0.39, 0.29) is 0 Å². The second-order valence-electron chi connectivity index (χ2n) is 14.1. The second kappa shape index (κ2) is 11.6. The van der Waals surface area contributed by atoms with Crippen LogP contribution in [0, 0.1) is 0 Å². The fourth-order valence-electron chi connectivity index (χ4n) is 9.02. The van der Waals surface area contributed by atoms with E-state index >= 15 is 0 Å². The van der Waals surface area contributed by atoms with Crippen LogP contribution in [0.3, 0.4) is 0 Å². The van der Waals surface area contributed by atoms with Crippen molar-refractivity contribution in [2.75, 3.05) is 4.90 Å². The summed E-state index contributed by atoms with van der Waals surface area (Å²) in [6.07, 6.45) is 0. The number of hydrogen-bond donors (Lipinski definition) is 0. The van der Waals surface area contributed by atoms with Crippen LogP contribution in [0.25, 0.3) is 43.8 Å². The molecule has 0 bridgehead atoms. The van der Waals surface area contributed by atoms with Gasteiger partial charge in [0, 0.05) is 28.2 Å². The Morgan fingerprint density at radius 1 is 0.340 bits per heavy atom. The third kappa shape index (κ3) is 4.39. The molecule has 0 saturated carbocycles. The lowest BCUT2D eigenvalue weighted by molar-refractivity contribution is 0.435. The van der Waals surface area contributed by atoms with Crippen LogP contribution in [0.15, 0.2) is 200 Å². The van der Waals surface area contributed by atoms with Gasteiger partial charge in [-0.25, -0.2) is 0 Å². The number of benzene rings is 9. The van der Waals surface area contributed by atoms with Crippen LogP contribution >= 0.6 is 0 Å². The van der Waals surface area contributed by atoms with E-state index in [2.05, 4.69) is 205 Å². The number of rotatable bonds is 4. The van der Waals surface area contributed by atoms with Crippen LogP contribution in [0.4, 0.5) is 17.1 Å². The highest BCUT2D eigenvalue weighted by atomic mass is 16.5. The third-order valence-electron chi connectivity index (χ3n) is 11.3. The van der Waals surface area contributed by atoms with E-state index in [9.17, 15) is 0 Å². The predicted molar refractivity (Wildman–Crippen MR) is 219 cm³/mol. The van der Waals surface area contributed by atoms with Gasteiger partial charge in [-0.3, -0.25) is 0 Å². The number of anilines is 3. The van der Waals surface area contributed by atoms with Crippen LogP contribution in [-0.2, 0) is 5.41 Å². The summed E-state index contributed by atoms with van der Waals surface area (Å²) in [6.45, 7) is 0. The molecule has 1 heterocycles. The van der Waals surface area contributed by atoms with Crippen molar-refractivity contribution in [3.8, 4) is 33.8 Å². The quantitative estimate of drug-likeness (QED) is 0.184. The van der Waals surface area contributed by atoms with E-state index in [1.165, 1.54) is 54.9 Å². The van der Waals surface area contributed by atoms with E-state index in [4.69, 9.17) is 4.74 Å². The Morgan fingerprint density at radius 3 is 1.72 bits per heavy atom. The smallest absolute Gasteiger partial charge is 0.132 e. The SMILES string of the molecule is c1ccc(-c2ccc3cc(N(c4ccccc4)c4ccc5c(c4)C4(c6ccccc6Oc6ccccc64)c4cccc6cccc-5c46)ccc3c2)cc1. The summed E-state index contributed by atoms with van der Waals surface area (Å²) in [5.74, 6) is 1.78. The normalized spacial score (nSPS) is 13.2. The number of para-hydroxylation sites is 3. The van der Waals surface area contributed by atoms with Gasteiger partial charge in [0.2, 0.25) is 0 Å². The van der Waals surface area contributed by atoms with Crippen LogP contribution in [0.5, 0.6) is 11.5 Å². The molecule has 248 valence electrons. The summed E-state index contributed by atoms with van der Waals surface area (Å²) in [5, 5.41) is 4.96. The molecule has 11 rings (SSSR count). The first-order valence-corrected chi connectivity index (χ1v) is 18.3. The Morgan fingerprint density at radius 2 is 0.943 bits per heavy atom. The van der Waals surface area contributed by atoms with E-state index in [1.807, 2.05) is 0 Å². The molecule has 9 aromatic rings. The van der Waals surface area contributed by atoms with Crippen LogP contribution < -0.4 is 9.64 Å². The van der Waals surface area contributed by atoms with Crippen molar-refractivity contribution in [1.29, 1.82) is 0 Å². The molecule has 0 unspecified atom stereocenters. The number of nitrogens with zero attached hydrogens (tertiary/aromatic N) is 1. The standard InChI is InChI=1S/C51H33NO/c1-3-13-34(14-4-1)36-25-26-38-32-40(28-27-37(38)31-36)52(39-17-5-2-6-18-39)41-29-30-42-43-19-11-15-35-16-12-22-46(50(35)43)51(47(42)33-41)44-20-7-9-23-48(44)53-49-24-10-8-21-45(49)51/h1-33H.